The third kappa shape index (κ3) is 6.42. The number of likely N-dealkylation sites (N-methyl/N-ethyl adjacent to an activating group) is 1. The summed E-state index contributed by atoms with van der Waals surface area (Å²) in [5.74, 6) is -3.86. The summed E-state index contributed by atoms with van der Waals surface area (Å²) in [4.78, 5) is 64.9. The Balaban J connectivity index is 1.48. The van der Waals surface area contributed by atoms with Gasteiger partial charge in [0.25, 0.3) is 5.91 Å². The van der Waals surface area contributed by atoms with Crippen LogP contribution in [0.25, 0.3) is 0 Å². The first-order valence-corrected chi connectivity index (χ1v) is 18.6. The molecule has 0 aliphatic carbocycles. The molecule has 0 saturated carbocycles. The van der Waals surface area contributed by atoms with Crippen molar-refractivity contribution in [3.05, 3.63) is 84.5 Å². The molecule has 1 N–H and O–H groups in total. The number of likely N-dealkylation sites (tertiary alicyclic amines) is 1. The van der Waals surface area contributed by atoms with Gasteiger partial charge in [-0.1, -0.05) is 68.5 Å². The van der Waals surface area contributed by atoms with Gasteiger partial charge in [0.1, 0.15) is 23.7 Å². The normalized spacial score (nSPS) is 30.6. The van der Waals surface area contributed by atoms with E-state index in [0.29, 0.717) is 17.7 Å². The molecule has 6 rings (SSSR count). The van der Waals surface area contributed by atoms with Crippen LogP contribution in [0, 0.1) is 17.8 Å². The molecule has 5 bridgehead atoms. The molecule has 278 valence electrons. The van der Waals surface area contributed by atoms with E-state index in [0.717, 1.165) is 18.8 Å². The highest BCUT2D eigenvalue weighted by Crippen LogP contribution is 2.56. The number of nitrogens with zero attached hydrogens (tertiary/aromatic N) is 4. The van der Waals surface area contributed by atoms with E-state index in [4.69, 9.17) is 9.47 Å². The topological polar surface area (TPSA) is 120 Å². The van der Waals surface area contributed by atoms with Crippen molar-refractivity contribution in [3.8, 4) is 0 Å². The van der Waals surface area contributed by atoms with Gasteiger partial charge in [0.05, 0.1) is 30.7 Å². The van der Waals surface area contributed by atoms with E-state index in [9.17, 15) is 19.5 Å². The molecule has 11 heteroatoms. The van der Waals surface area contributed by atoms with Crippen molar-refractivity contribution in [2.45, 2.75) is 83.4 Å². The van der Waals surface area contributed by atoms with Gasteiger partial charge in [-0.3, -0.25) is 19.2 Å². The van der Waals surface area contributed by atoms with E-state index >= 15 is 4.79 Å². The first kappa shape index (κ1) is 37.3. The van der Waals surface area contributed by atoms with Gasteiger partial charge >= 0.3 is 5.97 Å². The van der Waals surface area contributed by atoms with Gasteiger partial charge < -0.3 is 34.2 Å². The number of cyclic esters (lactones) is 1. The summed E-state index contributed by atoms with van der Waals surface area (Å²) in [6, 6.07) is 14.6. The molecule has 52 heavy (non-hydrogen) atoms. The van der Waals surface area contributed by atoms with Crippen LogP contribution in [0.4, 0.5) is 11.4 Å². The Morgan fingerprint density at radius 3 is 2.29 bits per heavy atom. The van der Waals surface area contributed by atoms with E-state index in [1.807, 2.05) is 87.5 Å². The number of rotatable bonds is 8. The summed E-state index contributed by atoms with van der Waals surface area (Å²) in [6.07, 6.45) is 6.34. The number of fused-ring (bicyclic) bond motifs is 2. The highest BCUT2D eigenvalue weighted by molar-refractivity contribution is 6.05. The quantitative estimate of drug-likeness (QED) is 0.314. The number of carbonyl (C=O) groups excluding carboxylic acids is 4. The van der Waals surface area contributed by atoms with E-state index in [1.54, 1.807) is 29.0 Å². The number of hydrogen-bond acceptors (Lipinski definition) is 8. The van der Waals surface area contributed by atoms with Crippen LogP contribution in [-0.4, -0.2) is 102 Å². The first-order valence-electron chi connectivity index (χ1n) is 18.6. The van der Waals surface area contributed by atoms with Gasteiger partial charge in [0, 0.05) is 44.5 Å². The van der Waals surface area contributed by atoms with Crippen LogP contribution in [0.5, 0.6) is 0 Å². The smallest absolute Gasteiger partial charge is 0.313 e. The summed E-state index contributed by atoms with van der Waals surface area (Å²) >= 11 is 0. The molecule has 3 amide bonds. The number of allylic oxidation sites excluding steroid dienone is 1. The molecule has 0 unspecified atom stereocenters. The lowest BCUT2D eigenvalue weighted by Gasteiger charge is -2.40. The molecule has 4 aliphatic heterocycles. The van der Waals surface area contributed by atoms with Crippen LogP contribution in [0.15, 0.2) is 78.9 Å². The molecule has 8 atom stereocenters. The van der Waals surface area contributed by atoms with E-state index < -0.39 is 59.6 Å². The Bertz CT molecular complexity index is 1690. The molecule has 0 aromatic heterocycles. The second kappa shape index (κ2) is 15.2. The molecule has 2 aromatic rings. The number of benzene rings is 2. The van der Waals surface area contributed by atoms with E-state index in [-0.39, 0.29) is 37.3 Å². The average Bonchev–Trinajstić information content (AvgIpc) is 3.79. The van der Waals surface area contributed by atoms with Crippen molar-refractivity contribution in [1.29, 1.82) is 0 Å². The molecule has 2 aromatic carbocycles. The van der Waals surface area contributed by atoms with Crippen LogP contribution in [0.1, 0.15) is 59.1 Å². The number of carbonyl (C=O) groups is 4. The standard InChI is InChI=1S/C41H52N4O7/c1-7-43(8-2)29-18-20-30(21-19-29)44-24-14-10-13-17-33(47)42(6)27(5)36(28-15-11-9-12-16-28)51-40(50)34-32-22-23-41(52-32)35(34)38(48)45(37(41)39(44)49)31(25-46)26(3)4/h9-12,14-16,18-23,26-27,31-32,34-37,46H,7-8,13,17,24-25H2,1-6H3/b14-10-/t27-,31-,32+,34-,35-,36+,37+,41-/m0/s1. The number of ether oxygens (including phenoxy) is 2. The number of amides is 3. The maximum Gasteiger partial charge on any atom is 0.313 e. The van der Waals surface area contributed by atoms with Crippen LogP contribution >= 0.6 is 0 Å². The monoisotopic (exact) mass is 712 g/mol. The highest BCUT2D eigenvalue weighted by Gasteiger charge is 2.74. The summed E-state index contributed by atoms with van der Waals surface area (Å²) in [6.45, 7) is 11.3. The number of aliphatic hydroxyl groups is 1. The summed E-state index contributed by atoms with van der Waals surface area (Å²) in [5.41, 5.74) is 0.906. The van der Waals surface area contributed by atoms with Gasteiger partial charge in [-0.25, -0.2) is 0 Å². The summed E-state index contributed by atoms with van der Waals surface area (Å²) in [5, 5.41) is 10.7. The molecule has 2 saturated heterocycles. The summed E-state index contributed by atoms with van der Waals surface area (Å²) < 4.78 is 13.0. The van der Waals surface area contributed by atoms with Crippen molar-refractivity contribution >= 4 is 35.1 Å². The minimum Gasteiger partial charge on any atom is -0.455 e. The van der Waals surface area contributed by atoms with Crippen LogP contribution in [0.2, 0.25) is 0 Å². The molecule has 11 nitrogen and oxygen atoms in total. The predicted octanol–water partition coefficient (Wildman–Crippen LogP) is 4.51. The second-order valence-electron chi connectivity index (χ2n) is 14.6. The minimum absolute atomic E-state index is 0.114. The van der Waals surface area contributed by atoms with Crippen molar-refractivity contribution in [1.82, 2.24) is 9.80 Å². The van der Waals surface area contributed by atoms with Crippen molar-refractivity contribution in [2.24, 2.45) is 17.8 Å². The Morgan fingerprint density at radius 2 is 1.65 bits per heavy atom. The predicted molar refractivity (Wildman–Crippen MR) is 198 cm³/mol. The van der Waals surface area contributed by atoms with Crippen LogP contribution < -0.4 is 9.80 Å². The number of aliphatic hydroxyl groups excluding tert-OH is 1. The molecule has 4 aliphatic rings. The lowest BCUT2D eigenvalue weighted by atomic mass is 9.74. The number of anilines is 2. The lowest BCUT2D eigenvalue weighted by Crippen LogP contribution is -2.59. The Hall–Kier alpha value is -4.48. The largest absolute Gasteiger partial charge is 0.455 e. The summed E-state index contributed by atoms with van der Waals surface area (Å²) in [7, 11) is 1.71. The highest BCUT2D eigenvalue weighted by atomic mass is 16.6. The third-order valence-corrected chi connectivity index (χ3v) is 11.5. The zero-order valence-electron chi connectivity index (χ0n) is 31.1. The maximum absolute atomic E-state index is 15.2. The zero-order valence-corrected chi connectivity index (χ0v) is 31.1. The van der Waals surface area contributed by atoms with Crippen molar-refractivity contribution < 1.29 is 33.8 Å². The number of hydrogen-bond donors (Lipinski definition) is 1. The Labute approximate surface area is 306 Å². The van der Waals surface area contributed by atoms with E-state index in [2.05, 4.69) is 18.7 Å². The molecule has 2 fully saturated rings. The average molecular weight is 713 g/mol. The van der Waals surface area contributed by atoms with Crippen molar-refractivity contribution in [3.63, 3.8) is 0 Å². The molecule has 0 radical (unpaired) electrons. The van der Waals surface area contributed by atoms with Gasteiger partial charge in [-0.2, -0.15) is 0 Å². The maximum atomic E-state index is 15.2. The van der Waals surface area contributed by atoms with Gasteiger partial charge in [0.15, 0.2) is 0 Å². The van der Waals surface area contributed by atoms with Crippen LogP contribution in [-0.2, 0) is 28.7 Å². The van der Waals surface area contributed by atoms with Crippen LogP contribution in [0.3, 0.4) is 0 Å². The molecular formula is C41H52N4O7. The van der Waals surface area contributed by atoms with Gasteiger partial charge in [-0.05, 0) is 62.9 Å². The molecule has 1 spiro atoms. The fraction of sp³-hybridized carbons (Fsp3) is 0.512. The minimum atomic E-state index is -1.46. The van der Waals surface area contributed by atoms with E-state index in [1.165, 1.54) is 4.90 Å². The first-order chi connectivity index (χ1) is 25.0. The lowest BCUT2D eigenvalue weighted by molar-refractivity contribution is -0.164. The second-order valence-corrected chi connectivity index (χ2v) is 14.6. The van der Waals surface area contributed by atoms with Gasteiger partial charge in [0.2, 0.25) is 11.8 Å². The fourth-order valence-electron chi connectivity index (χ4n) is 8.44. The molecular weight excluding hydrogens is 660 g/mol. The fourth-order valence-corrected chi connectivity index (χ4v) is 8.44. The third-order valence-electron chi connectivity index (χ3n) is 11.5. The Kier molecular flexibility index (Phi) is 10.9. The SMILES string of the molecule is CCN(CC)c1ccc(N2C/C=C\CCC(=O)N(C)[C@@H](C)[C@H](c3ccccc3)OC(=O)[C@@H]3[C@H]4C(=O)N([C@@H](CO)C(C)C)[C@H](C2=O)[C@]42C=C[C@H]3O2)cc1. The van der Waals surface area contributed by atoms with Gasteiger partial charge in [-0.15, -0.1) is 0 Å². The number of esters is 1. The zero-order chi connectivity index (χ0) is 37.3. The van der Waals surface area contributed by atoms with Crippen molar-refractivity contribution in [2.75, 3.05) is 43.1 Å². The molecule has 4 heterocycles. The Morgan fingerprint density at radius 1 is 0.962 bits per heavy atom.